The van der Waals surface area contributed by atoms with E-state index in [4.69, 9.17) is 6.42 Å². The highest BCUT2D eigenvalue weighted by atomic mass is 16.1. The maximum Gasteiger partial charge on any atom is 0.224 e. The van der Waals surface area contributed by atoms with Gasteiger partial charge in [0.2, 0.25) is 5.91 Å². The van der Waals surface area contributed by atoms with Crippen LogP contribution < -0.4 is 5.32 Å². The summed E-state index contributed by atoms with van der Waals surface area (Å²) in [6, 6.07) is 7.31. The second kappa shape index (κ2) is 8.34. The van der Waals surface area contributed by atoms with Gasteiger partial charge in [-0.25, -0.2) is 0 Å². The first-order valence-corrected chi connectivity index (χ1v) is 6.78. The van der Waals surface area contributed by atoms with Crippen LogP contribution in [-0.4, -0.2) is 30.4 Å². The molecule has 0 bridgehead atoms. The van der Waals surface area contributed by atoms with Crippen LogP contribution in [0.5, 0.6) is 0 Å². The van der Waals surface area contributed by atoms with Gasteiger partial charge in [-0.1, -0.05) is 19.8 Å². The summed E-state index contributed by atoms with van der Waals surface area (Å²) >= 11 is 0. The standard InChI is InChI=1S/C16H22N2O/c1-4-14-9-11-15(12-10-14)17-16(19)8-7-13-18(5-2)6-3/h1,9-12H,5-8,13H2,2-3H3,(H,17,19). The summed E-state index contributed by atoms with van der Waals surface area (Å²) in [7, 11) is 0. The minimum absolute atomic E-state index is 0.0561. The van der Waals surface area contributed by atoms with Gasteiger partial charge in [0.15, 0.2) is 0 Å². The second-order valence-electron chi connectivity index (χ2n) is 4.40. The van der Waals surface area contributed by atoms with Crippen LogP contribution in [0.1, 0.15) is 32.3 Å². The molecule has 0 aromatic heterocycles. The van der Waals surface area contributed by atoms with Gasteiger partial charge >= 0.3 is 0 Å². The molecule has 1 aromatic carbocycles. The zero-order valence-corrected chi connectivity index (χ0v) is 11.8. The Labute approximate surface area is 116 Å². The lowest BCUT2D eigenvalue weighted by Gasteiger charge is -2.17. The Morgan fingerprint density at radius 3 is 2.42 bits per heavy atom. The van der Waals surface area contributed by atoms with Crippen molar-refractivity contribution < 1.29 is 4.79 Å². The van der Waals surface area contributed by atoms with Crippen LogP contribution in [0.3, 0.4) is 0 Å². The first kappa shape index (κ1) is 15.3. The lowest BCUT2D eigenvalue weighted by atomic mass is 10.2. The zero-order valence-electron chi connectivity index (χ0n) is 11.8. The van der Waals surface area contributed by atoms with Crippen LogP contribution in [0.15, 0.2) is 24.3 Å². The maximum atomic E-state index is 11.8. The fourth-order valence-electron chi connectivity index (χ4n) is 1.88. The van der Waals surface area contributed by atoms with Gasteiger partial charge in [-0.05, 0) is 50.3 Å². The van der Waals surface area contributed by atoms with E-state index in [1.54, 1.807) is 0 Å². The van der Waals surface area contributed by atoms with E-state index in [-0.39, 0.29) is 5.91 Å². The van der Waals surface area contributed by atoms with Crippen LogP contribution in [0.25, 0.3) is 0 Å². The Morgan fingerprint density at radius 1 is 1.26 bits per heavy atom. The van der Waals surface area contributed by atoms with Crippen molar-refractivity contribution in [3.05, 3.63) is 29.8 Å². The van der Waals surface area contributed by atoms with Gasteiger partial charge in [0.1, 0.15) is 0 Å². The minimum atomic E-state index is 0.0561. The predicted molar refractivity (Wildman–Crippen MR) is 80.0 cm³/mol. The van der Waals surface area contributed by atoms with E-state index in [0.29, 0.717) is 6.42 Å². The summed E-state index contributed by atoms with van der Waals surface area (Å²) in [4.78, 5) is 14.1. The van der Waals surface area contributed by atoms with Gasteiger partial charge in [-0.2, -0.15) is 0 Å². The minimum Gasteiger partial charge on any atom is -0.326 e. The van der Waals surface area contributed by atoms with Crippen molar-refractivity contribution in [2.24, 2.45) is 0 Å². The molecule has 19 heavy (non-hydrogen) atoms. The highest BCUT2D eigenvalue weighted by Gasteiger charge is 2.04. The summed E-state index contributed by atoms with van der Waals surface area (Å²) in [6.07, 6.45) is 6.71. The molecule has 1 N–H and O–H groups in total. The third-order valence-electron chi connectivity index (χ3n) is 3.11. The predicted octanol–water partition coefficient (Wildman–Crippen LogP) is 2.73. The average Bonchev–Trinajstić information content (AvgIpc) is 2.44. The van der Waals surface area contributed by atoms with Gasteiger partial charge in [0, 0.05) is 17.7 Å². The first-order chi connectivity index (χ1) is 9.19. The number of hydrogen-bond donors (Lipinski definition) is 1. The van der Waals surface area contributed by atoms with E-state index in [2.05, 4.69) is 30.0 Å². The summed E-state index contributed by atoms with van der Waals surface area (Å²) < 4.78 is 0. The second-order valence-corrected chi connectivity index (χ2v) is 4.40. The molecule has 0 aliphatic rings. The van der Waals surface area contributed by atoms with Crippen molar-refractivity contribution in [3.8, 4) is 12.3 Å². The molecule has 0 heterocycles. The van der Waals surface area contributed by atoms with Crippen LogP contribution in [0, 0.1) is 12.3 Å². The molecule has 1 amide bonds. The molecule has 0 fully saturated rings. The molecule has 3 nitrogen and oxygen atoms in total. The fraction of sp³-hybridized carbons (Fsp3) is 0.438. The fourth-order valence-corrected chi connectivity index (χ4v) is 1.88. The number of benzene rings is 1. The molecule has 0 aliphatic carbocycles. The van der Waals surface area contributed by atoms with Crippen molar-refractivity contribution in [2.45, 2.75) is 26.7 Å². The summed E-state index contributed by atoms with van der Waals surface area (Å²) in [5.74, 6) is 2.61. The lowest BCUT2D eigenvalue weighted by Crippen LogP contribution is -2.25. The van der Waals surface area contributed by atoms with E-state index in [1.165, 1.54) is 0 Å². The summed E-state index contributed by atoms with van der Waals surface area (Å²) in [5, 5.41) is 2.88. The quantitative estimate of drug-likeness (QED) is 0.763. The van der Waals surface area contributed by atoms with E-state index >= 15 is 0 Å². The van der Waals surface area contributed by atoms with Crippen LogP contribution in [0.4, 0.5) is 5.69 Å². The van der Waals surface area contributed by atoms with E-state index in [1.807, 2.05) is 24.3 Å². The van der Waals surface area contributed by atoms with Crippen molar-refractivity contribution in [1.82, 2.24) is 4.90 Å². The van der Waals surface area contributed by atoms with Gasteiger partial charge in [0.25, 0.3) is 0 Å². The molecule has 0 aliphatic heterocycles. The lowest BCUT2D eigenvalue weighted by molar-refractivity contribution is -0.116. The molecule has 0 unspecified atom stereocenters. The van der Waals surface area contributed by atoms with E-state index in [0.717, 1.165) is 37.3 Å². The normalized spacial score (nSPS) is 10.2. The number of carbonyl (C=O) groups excluding carboxylic acids is 1. The van der Waals surface area contributed by atoms with Crippen molar-refractivity contribution in [3.63, 3.8) is 0 Å². The molecule has 0 saturated carbocycles. The van der Waals surface area contributed by atoms with Crippen molar-refractivity contribution in [1.29, 1.82) is 0 Å². The zero-order chi connectivity index (χ0) is 14.1. The first-order valence-electron chi connectivity index (χ1n) is 6.78. The Morgan fingerprint density at radius 2 is 1.89 bits per heavy atom. The largest absolute Gasteiger partial charge is 0.326 e. The molecule has 0 saturated heterocycles. The number of rotatable bonds is 7. The van der Waals surface area contributed by atoms with Crippen LogP contribution >= 0.6 is 0 Å². The monoisotopic (exact) mass is 258 g/mol. The van der Waals surface area contributed by atoms with Crippen LogP contribution in [-0.2, 0) is 4.79 Å². The molecule has 0 atom stereocenters. The number of amides is 1. The smallest absolute Gasteiger partial charge is 0.224 e. The van der Waals surface area contributed by atoms with Gasteiger partial charge < -0.3 is 10.2 Å². The van der Waals surface area contributed by atoms with E-state index in [9.17, 15) is 4.79 Å². The molecular weight excluding hydrogens is 236 g/mol. The van der Waals surface area contributed by atoms with Crippen LogP contribution in [0.2, 0.25) is 0 Å². The summed E-state index contributed by atoms with van der Waals surface area (Å²) in [5.41, 5.74) is 1.62. The molecule has 3 heteroatoms. The highest BCUT2D eigenvalue weighted by molar-refractivity contribution is 5.90. The Bertz CT molecular complexity index is 427. The number of anilines is 1. The Balaban J connectivity index is 2.32. The SMILES string of the molecule is C#Cc1ccc(NC(=O)CCCN(CC)CC)cc1. The number of carbonyl (C=O) groups is 1. The van der Waals surface area contributed by atoms with E-state index < -0.39 is 0 Å². The molecule has 0 radical (unpaired) electrons. The average molecular weight is 258 g/mol. The molecule has 1 rings (SSSR count). The topological polar surface area (TPSA) is 32.3 Å². The summed E-state index contributed by atoms with van der Waals surface area (Å²) in [6.45, 7) is 7.31. The number of nitrogens with zero attached hydrogens (tertiary/aromatic N) is 1. The Kier molecular flexibility index (Phi) is 6.70. The third-order valence-corrected chi connectivity index (χ3v) is 3.11. The molecule has 102 valence electrons. The Hall–Kier alpha value is -1.79. The molecule has 1 aromatic rings. The number of nitrogens with one attached hydrogen (secondary N) is 1. The number of hydrogen-bond acceptors (Lipinski definition) is 2. The highest BCUT2D eigenvalue weighted by Crippen LogP contribution is 2.09. The number of terminal acetylenes is 1. The van der Waals surface area contributed by atoms with Crippen molar-refractivity contribution >= 4 is 11.6 Å². The maximum absolute atomic E-state index is 11.8. The van der Waals surface area contributed by atoms with Crippen molar-refractivity contribution in [2.75, 3.05) is 25.0 Å². The van der Waals surface area contributed by atoms with Gasteiger partial charge in [-0.15, -0.1) is 6.42 Å². The third kappa shape index (κ3) is 5.58. The van der Waals surface area contributed by atoms with Gasteiger partial charge in [0.05, 0.1) is 0 Å². The van der Waals surface area contributed by atoms with Gasteiger partial charge in [-0.3, -0.25) is 4.79 Å². The molecular formula is C16H22N2O. The molecule has 0 spiro atoms.